The maximum atomic E-state index is 11.3. The van der Waals surface area contributed by atoms with Gasteiger partial charge in [0.15, 0.2) is 5.69 Å². The molecule has 0 spiro atoms. The molecule has 1 aromatic carbocycles. The smallest absolute Gasteiger partial charge is 0.271 e. The molecule has 0 saturated carbocycles. The number of carbonyl (C=O) groups excluding carboxylic acids is 1. The van der Waals surface area contributed by atoms with Gasteiger partial charge < -0.3 is 15.7 Å². The molecule has 1 amide bonds. The monoisotopic (exact) mass is 258 g/mol. The van der Waals surface area contributed by atoms with Gasteiger partial charge in [0.2, 0.25) is 0 Å². The molecule has 3 N–H and O–H groups in total. The van der Waals surface area contributed by atoms with Crippen LogP contribution in [0.5, 0.6) is 5.75 Å². The summed E-state index contributed by atoms with van der Waals surface area (Å²) in [5, 5.41) is 22.4. The first-order valence-electron chi connectivity index (χ1n) is 5.76. The fourth-order valence-electron chi connectivity index (χ4n) is 1.48. The highest BCUT2D eigenvalue weighted by Crippen LogP contribution is 2.11. The van der Waals surface area contributed by atoms with Gasteiger partial charge in [0.1, 0.15) is 11.6 Å². The maximum absolute atomic E-state index is 11.3. The zero-order valence-corrected chi connectivity index (χ0v) is 10.4. The van der Waals surface area contributed by atoms with Crippen LogP contribution in [-0.2, 0) is 6.54 Å². The molecular weight excluding hydrogens is 244 g/mol. The summed E-state index contributed by atoms with van der Waals surface area (Å²) in [5.41, 5.74) is 1.28. The average Bonchev–Trinajstić information content (AvgIpc) is 2.46. The van der Waals surface area contributed by atoms with Crippen molar-refractivity contribution in [1.29, 1.82) is 0 Å². The van der Waals surface area contributed by atoms with E-state index in [1.54, 1.807) is 31.3 Å². The molecule has 0 fully saturated rings. The standard InChI is InChI=1S/C13H14N4O2/c1-14-13(19)11-6-7-12(17-16-11)15-8-9-2-4-10(18)5-3-9/h2-7,18H,8H2,1H3,(H,14,19)(H,15,17). The van der Waals surface area contributed by atoms with Crippen molar-refractivity contribution in [1.82, 2.24) is 15.5 Å². The summed E-state index contributed by atoms with van der Waals surface area (Å²) in [4.78, 5) is 11.3. The molecule has 0 radical (unpaired) electrons. The van der Waals surface area contributed by atoms with E-state index in [1.807, 2.05) is 12.1 Å². The van der Waals surface area contributed by atoms with Crippen molar-refractivity contribution in [2.24, 2.45) is 0 Å². The van der Waals surface area contributed by atoms with Crippen LogP contribution in [0.15, 0.2) is 36.4 Å². The number of nitrogens with zero attached hydrogens (tertiary/aromatic N) is 2. The van der Waals surface area contributed by atoms with Gasteiger partial charge in [-0.25, -0.2) is 0 Å². The second-order valence-corrected chi connectivity index (χ2v) is 3.90. The van der Waals surface area contributed by atoms with Crippen molar-refractivity contribution in [3.05, 3.63) is 47.7 Å². The quantitative estimate of drug-likeness (QED) is 0.766. The van der Waals surface area contributed by atoms with Crippen LogP contribution in [0.25, 0.3) is 0 Å². The van der Waals surface area contributed by atoms with Gasteiger partial charge >= 0.3 is 0 Å². The van der Waals surface area contributed by atoms with Gasteiger partial charge in [-0.1, -0.05) is 12.1 Å². The lowest BCUT2D eigenvalue weighted by molar-refractivity contribution is 0.0957. The Balaban J connectivity index is 1.96. The molecule has 0 aliphatic rings. The third-order valence-corrected chi connectivity index (χ3v) is 2.53. The third-order valence-electron chi connectivity index (χ3n) is 2.53. The minimum absolute atomic E-state index is 0.235. The minimum Gasteiger partial charge on any atom is -0.508 e. The molecule has 6 heteroatoms. The van der Waals surface area contributed by atoms with E-state index in [0.29, 0.717) is 12.4 Å². The summed E-state index contributed by atoms with van der Waals surface area (Å²) in [6.45, 7) is 0.564. The molecule has 0 unspecified atom stereocenters. The average molecular weight is 258 g/mol. The van der Waals surface area contributed by atoms with E-state index in [0.717, 1.165) is 5.56 Å². The number of nitrogens with one attached hydrogen (secondary N) is 2. The fourth-order valence-corrected chi connectivity index (χ4v) is 1.48. The summed E-state index contributed by atoms with van der Waals surface area (Å²) in [7, 11) is 1.54. The molecule has 0 bridgehead atoms. The molecule has 2 aromatic rings. The second kappa shape index (κ2) is 5.81. The Morgan fingerprint density at radius 3 is 2.47 bits per heavy atom. The number of hydrogen-bond acceptors (Lipinski definition) is 5. The molecule has 6 nitrogen and oxygen atoms in total. The van der Waals surface area contributed by atoms with Crippen molar-refractivity contribution in [3.8, 4) is 5.75 Å². The predicted molar refractivity (Wildman–Crippen MR) is 70.9 cm³/mol. The first kappa shape index (κ1) is 12.8. The molecule has 0 aliphatic heterocycles. The van der Waals surface area contributed by atoms with E-state index in [4.69, 9.17) is 5.11 Å². The van der Waals surface area contributed by atoms with Crippen molar-refractivity contribution in [2.75, 3.05) is 12.4 Å². The van der Waals surface area contributed by atoms with Gasteiger partial charge in [0.25, 0.3) is 5.91 Å². The van der Waals surface area contributed by atoms with Crippen LogP contribution in [0.1, 0.15) is 16.1 Å². The Hall–Kier alpha value is -2.63. The summed E-state index contributed by atoms with van der Waals surface area (Å²) < 4.78 is 0. The summed E-state index contributed by atoms with van der Waals surface area (Å²) >= 11 is 0. The van der Waals surface area contributed by atoms with Gasteiger partial charge in [-0.05, 0) is 29.8 Å². The Labute approximate surface area is 110 Å². The van der Waals surface area contributed by atoms with Crippen LogP contribution in [0, 0.1) is 0 Å². The maximum Gasteiger partial charge on any atom is 0.271 e. The summed E-state index contributed by atoms with van der Waals surface area (Å²) in [5.74, 6) is 0.553. The molecule has 0 atom stereocenters. The van der Waals surface area contributed by atoms with Crippen LogP contribution in [0.4, 0.5) is 5.82 Å². The molecule has 0 saturated heterocycles. The zero-order valence-electron chi connectivity index (χ0n) is 10.4. The number of aromatic nitrogens is 2. The second-order valence-electron chi connectivity index (χ2n) is 3.90. The first-order chi connectivity index (χ1) is 9.19. The fraction of sp³-hybridized carbons (Fsp3) is 0.154. The number of amides is 1. The largest absolute Gasteiger partial charge is 0.508 e. The van der Waals surface area contributed by atoms with Crippen LogP contribution in [0.3, 0.4) is 0 Å². The zero-order chi connectivity index (χ0) is 13.7. The third kappa shape index (κ3) is 3.41. The van der Waals surface area contributed by atoms with Gasteiger partial charge in [-0.2, -0.15) is 0 Å². The van der Waals surface area contributed by atoms with Gasteiger partial charge in [0, 0.05) is 13.6 Å². The highest BCUT2D eigenvalue weighted by Gasteiger charge is 2.05. The predicted octanol–water partition coefficient (Wildman–Crippen LogP) is 1.15. The molecule has 1 aromatic heterocycles. The molecular formula is C13H14N4O2. The van der Waals surface area contributed by atoms with Crippen LogP contribution < -0.4 is 10.6 Å². The molecule has 2 rings (SSSR count). The topological polar surface area (TPSA) is 87.1 Å². The Morgan fingerprint density at radius 1 is 1.16 bits per heavy atom. The van der Waals surface area contributed by atoms with Gasteiger partial charge in [0.05, 0.1) is 0 Å². The minimum atomic E-state index is -0.266. The van der Waals surface area contributed by atoms with E-state index in [-0.39, 0.29) is 17.4 Å². The SMILES string of the molecule is CNC(=O)c1ccc(NCc2ccc(O)cc2)nn1. The number of carbonyl (C=O) groups is 1. The number of anilines is 1. The van der Waals surface area contributed by atoms with Gasteiger partial charge in [-0.3, -0.25) is 4.79 Å². The van der Waals surface area contributed by atoms with E-state index in [9.17, 15) is 4.79 Å². The van der Waals surface area contributed by atoms with Crippen LogP contribution in [0.2, 0.25) is 0 Å². The number of aromatic hydroxyl groups is 1. The number of phenolic OH excluding ortho intramolecular Hbond substituents is 1. The Morgan fingerprint density at radius 2 is 1.89 bits per heavy atom. The lowest BCUT2D eigenvalue weighted by Crippen LogP contribution is -2.19. The van der Waals surface area contributed by atoms with E-state index >= 15 is 0 Å². The van der Waals surface area contributed by atoms with E-state index in [2.05, 4.69) is 20.8 Å². The number of benzene rings is 1. The highest BCUT2D eigenvalue weighted by molar-refractivity contribution is 5.91. The van der Waals surface area contributed by atoms with Crippen molar-refractivity contribution >= 4 is 11.7 Å². The highest BCUT2D eigenvalue weighted by atomic mass is 16.3. The Kier molecular flexibility index (Phi) is 3.92. The summed E-state index contributed by atoms with van der Waals surface area (Å²) in [6, 6.07) is 10.2. The van der Waals surface area contributed by atoms with Crippen molar-refractivity contribution in [2.45, 2.75) is 6.54 Å². The normalized spacial score (nSPS) is 9.95. The van der Waals surface area contributed by atoms with E-state index < -0.39 is 0 Å². The lowest BCUT2D eigenvalue weighted by atomic mass is 10.2. The van der Waals surface area contributed by atoms with Gasteiger partial charge in [-0.15, -0.1) is 10.2 Å². The number of phenols is 1. The molecule has 19 heavy (non-hydrogen) atoms. The van der Waals surface area contributed by atoms with Crippen molar-refractivity contribution < 1.29 is 9.90 Å². The number of hydrogen-bond donors (Lipinski definition) is 3. The molecule has 1 heterocycles. The van der Waals surface area contributed by atoms with Crippen molar-refractivity contribution in [3.63, 3.8) is 0 Å². The van der Waals surface area contributed by atoms with E-state index in [1.165, 1.54) is 0 Å². The molecule has 98 valence electrons. The Bertz CT molecular complexity index is 552. The lowest BCUT2D eigenvalue weighted by Gasteiger charge is -2.05. The number of rotatable bonds is 4. The molecule has 0 aliphatic carbocycles. The van der Waals surface area contributed by atoms with Crippen LogP contribution >= 0.6 is 0 Å². The summed E-state index contributed by atoms with van der Waals surface area (Å²) in [6.07, 6.45) is 0. The first-order valence-corrected chi connectivity index (χ1v) is 5.76. The van der Waals surface area contributed by atoms with Crippen LogP contribution in [-0.4, -0.2) is 28.3 Å².